The van der Waals surface area contributed by atoms with Crippen LogP contribution in [0, 0.1) is 0 Å². The third kappa shape index (κ3) is 5.17. The van der Waals surface area contributed by atoms with Crippen molar-refractivity contribution in [2.24, 2.45) is 0 Å². The summed E-state index contributed by atoms with van der Waals surface area (Å²) in [6.45, 7) is 2.72. The van der Waals surface area contributed by atoms with Crippen LogP contribution in [0.1, 0.15) is 27.0 Å². The minimum atomic E-state index is -0.292. The van der Waals surface area contributed by atoms with Gasteiger partial charge in [0.25, 0.3) is 5.91 Å². The standard InChI is InChI=1S/C34H33N3O5/c1-40-28-12-6-10-26-32(28)36-31-25(33(26)38)9-5-11-27(31)34(39)35-24-8-4-7-21(17-24)13-15-37-16-14-22-18-29(41-2)30(42-3)19-23(22)20-37/h4-12,17-19H,13-16,20H2,1-3H3,(H,35,39)(H,36,38). The highest BCUT2D eigenvalue weighted by Gasteiger charge is 2.20. The lowest BCUT2D eigenvalue weighted by Crippen LogP contribution is -2.32. The number of methoxy groups -OCH3 is 3. The second-order valence-electron chi connectivity index (χ2n) is 10.5. The molecule has 8 nitrogen and oxygen atoms in total. The van der Waals surface area contributed by atoms with Gasteiger partial charge in [-0.1, -0.05) is 24.3 Å². The molecule has 2 N–H and O–H groups in total. The highest BCUT2D eigenvalue weighted by Crippen LogP contribution is 2.33. The van der Waals surface area contributed by atoms with Crippen LogP contribution in [-0.2, 0) is 19.4 Å². The maximum atomic E-state index is 13.5. The molecule has 0 bridgehead atoms. The summed E-state index contributed by atoms with van der Waals surface area (Å²) in [5, 5.41) is 4.00. The number of pyridine rings is 1. The molecule has 0 fully saturated rings. The van der Waals surface area contributed by atoms with Crippen LogP contribution in [0.2, 0.25) is 0 Å². The van der Waals surface area contributed by atoms with E-state index in [1.807, 2.05) is 18.2 Å². The summed E-state index contributed by atoms with van der Waals surface area (Å²) in [7, 11) is 4.88. The molecule has 0 aliphatic carbocycles. The van der Waals surface area contributed by atoms with E-state index in [1.54, 1.807) is 57.7 Å². The van der Waals surface area contributed by atoms with E-state index in [1.165, 1.54) is 11.1 Å². The van der Waals surface area contributed by atoms with Crippen molar-refractivity contribution in [2.45, 2.75) is 19.4 Å². The van der Waals surface area contributed by atoms with Crippen molar-refractivity contribution in [1.82, 2.24) is 9.88 Å². The van der Waals surface area contributed by atoms with E-state index < -0.39 is 0 Å². The number of nitrogens with one attached hydrogen (secondary N) is 2. The first-order chi connectivity index (χ1) is 20.5. The number of carbonyl (C=O) groups excluding carboxylic acids is 1. The van der Waals surface area contributed by atoms with Crippen molar-refractivity contribution >= 4 is 33.4 Å². The molecule has 1 aliphatic heterocycles. The van der Waals surface area contributed by atoms with Crippen LogP contribution in [0.4, 0.5) is 5.69 Å². The van der Waals surface area contributed by atoms with Gasteiger partial charge in [-0.3, -0.25) is 14.5 Å². The number of hydrogen-bond acceptors (Lipinski definition) is 6. The van der Waals surface area contributed by atoms with Gasteiger partial charge in [-0.05, 0) is 78.1 Å². The minimum absolute atomic E-state index is 0.146. The average molecular weight is 564 g/mol. The molecule has 8 heteroatoms. The predicted octanol–water partition coefficient (Wildman–Crippen LogP) is 5.56. The van der Waals surface area contributed by atoms with Gasteiger partial charge in [0.2, 0.25) is 0 Å². The van der Waals surface area contributed by atoms with E-state index in [9.17, 15) is 9.59 Å². The Morgan fingerprint density at radius 3 is 2.29 bits per heavy atom. The number of benzene rings is 4. The highest BCUT2D eigenvalue weighted by atomic mass is 16.5. The van der Waals surface area contributed by atoms with Crippen molar-refractivity contribution < 1.29 is 19.0 Å². The molecule has 0 spiro atoms. The van der Waals surface area contributed by atoms with Gasteiger partial charge in [0.15, 0.2) is 16.9 Å². The third-order valence-electron chi connectivity index (χ3n) is 7.99. The molecule has 0 saturated heterocycles. The average Bonchev–Trinajstić information content (AvgIpc) is 3.02. The van der Waals surface area contributed by atoms with E-state index in [2.05, 4.69) is 33.4 Å². The number of ether oxygens (including phenoxy) is 3. The largest absolute Gasteiger partial charge is 0.495 e. The Labute approximate surface area is 243 Å². The Bertz CT molecular complexity index is 1860. The second-order valence-corrected chi connectivity index (χ2v) is 10.5. The summed E-state index contributed by atoms with van der Waals surface area (Å²) in [6.07, 6.45) is 1.81. The summed E-state index contributed by atoms with van der Waals surface area (Å²) >= 11 is 0. The van der Waals surface area contributed by atoms with Crippen molar-refractivity contribution in [3.8, 4) is 17.2 Å². The molecule has 42 heavy (non-hydrogen) atoms. The van der Waals surface area contributed by atoms with E-state index in [0.717, 1.165) is 49.5 Å². The number of anilines is 1. The minimum Gasteiger partial charge on any atom is -0.495 e. The van der Waals surface area contributed by atoms with Gasteiger partial charge >= 0.3 is 0 Å². The summed E-state index contributed by atoms with van der Waals surface area (Å²) in [5.74, 6) is 1.78. The van der Waals surface area contributed by atoms with Crippen LogP contribution in [0.25, 0.3) is 21.8 Å². The fraction of sp³-hybridized carbons (Fsp3) is 0.235. The molecule has 6 rings (SSSR count). The number of rotatable bonds is 8. The number of para-hydroxylation sites is 2. The molecule has 5 aromatic rings. The number of nitrogens with zero attached hydrogens (tertiary/aromatic N) is 1. The Balaban J connectivity index is 1.18. The number of amides is 1. The first-order valence-corrected chi connectivity index (χ1v) is 14.0. The number of H-pyrrole nitrogens is 1. The van der Waals surface area contributed by atoms with E-state index in [-0.39, 0.29) is 11.3 Å². The van der Waals surface area contributed by atoms with Crippen LogP contribution in [-0.4, -0.2) is 50.2 Å². The normalized spacial score (nSPS) is 13.1. The number of carbonyl (C=O) groups is 1. The molecule has 1 aliphatic rings. The quantitative estimate of drug-likeness (QED) is 0.240. The molecule has 1 amide bonds. The van der Waals surface area contributed by atoms with Crippen molar-refractivity contribution in [3.63, 3.8) is 0 Å². The summed E-state index contributed by atoms with van der Waals surface area (Å²) in [5.41, 5.74) is 5.69. The van der Waals surface area contributed by atoms with Crippen LogP contribution in [0.15, 0.2) is 77.6 Å². The van der Waals surface area contributed by atoms with Crippen LogP contribution in [0.5, 0.6) is 17.2 Å². The lowest BCUT2D eigenvalue weighted by Gasteiger charge is -2.29. The Morgan fingerprint density at radius 2 is 1.52 bits per heavy atom. The van der Waals surface area contributed by atoms with Gasteiger partial charge in [-0.25, -0.2) is 0 Å². The van der Waals surface area contributed by atoms with Crippen LogP contribution < -0.4 is 25.0 Å². The summed E-state index contributed by atoms with van der Waals surface area (Å²) in [6, 6.07) is 22.6. The van der Waals surface area contributed by atoms with Gasteiger partial charge in [-0.2, -0.15) is 0 Å². The second kappa shape index (κ2) is 11.6. The monoisotopic (exact) mass is 563 g/mol. The fourth-order valence-electron chi connectivity index (χ4n) is 5.78. The Kier molecular flexibility index (Phi) is 7.54. The Hall–Kier alpha value is -4.82. The first-order valence-electron chi connectivity index (χ1n) is 14.0. The molecule has 0 saturated carbocycles. The SMILES string of the molecule is COc1cc2c(cc1OC)CN(CCc1cccc(NC(=O)c3cccc4c(=O)c5cccc(OC)c5[nH]c34)c1)CC2. The topological polar surface area (TPSA) is 92.9 Å². The van der Waals surface area contributed by atoms with Gasteiger partial charge in [0.1, 0.15) is 5.75 Å². The first kappa shape index (κ1) is 27.4. The molecule has 0 unspecified atom stereocenters. The summed E-state index contributed by atoms with van der Waals surface area (Å²) in [4.78, 5) is 32.4. The lowest BCUT2D eigenvalue weighted by molar-refractivity contribution is 0.102. The van der Waals surface area contributed by atoms with Crippen molar-refractivity contribution in [1.29, 1.82) is 0 Å². The molecule has 0 atom stereocenters. The smallest absolute Gasteiger partial charge is 0.257 e. The number of hydrogen-bond donors (Lipinski definition) is 2. The summed E-state index contributed by atoms with van der Waals surface area (Å²) < 4.78 is 16.4. The van der Waals surface area contributed by atoms with Gasteiger partial charge in [0, 0.05) is 36.1 Å². The molecular weight excluding hydrogens is 530 g/mol. The van der Waals surface area contributed by atoms with E-state index in [4.69, 9.17) is 14.2 Å². The van der Waals surface area contributed by atoms with Crippen LogP contribution >= 0.6 is 0 Å². The molecule has 4 aromatic carbocycles. The maximum Gasteiger partial charge on any atom is 0.257 e. The zero-order valence-corrected chi connectivity index (χ0v) is 24.0. The van der Waals surface area contributed by atoms with E-state index >= 15 is 0 Å². The molecular formula is C34H33N3O5. The molecule has 1 aromatic heterocycles. The number of aromatic amines is 1. The molecule has 0 radical (unpaired) electrons. The van der Waals surface area contributed by atoms with Crippen molar-refractivity contribution in [3.05, 3.63) is 105 Å². The third-order valence-corrected chi connectivity index (χ3v) is 7.99. The zero-order valence-electron chi connectivity index (χ0n) is 24.0. The van der Waals surface area contributed by atoms with Crippen LogP contribution in [0.3, 0.4) is 0 Å². The van der Waals surface area contributed by atoms with E-state index in [0.29, 0.717) is 38.8 Å². The predicted molar refractivity (Wildman–Crippen MR) is 165 cm³/mol. The van der Waals surface area contributed by atoms with Gasteiger partial charge in [0.05, 0.1) is 37.9 Å². The van der Waals surface area contributed by atoms with Crippen molar-refractivity contribution in [2.75, 3.05) is 39.7 Å². The maximum absolute atomic E-state index is 13.5. The fourth-order valence-corrected chi connectivity index (χ4v) is 5.78. The highest BCUT2D eigenvalue weighted by molar-refractivity contribution is 6.13. The van der Waals surface area contributed by atoms with Gasteiger partial charge < -0.3 is 24.5 Å². The lowest BCUT2D eigenvalue weighted by atomic mass is 9.98. The Morgan fingerprint density at radius 1 is 0.833 bits per heavy atom. The molecule has 2 heterocycles. The number of aromatic nitrogens is 1. The van der Waals surface area contributed by atoms with Gasteiger partial charge in [-0.15, -0.1) is 0 Å². The zero-order chi connectivity index (χ0) is 29.2. The number of fused-ring (bicyclic) bond motifs is 3. The molecule has 214 valence electrons.